The van der Waals surface area contributed by atoms with Crippen molar-refractivity contribution in [3.05, 3.63) is 40.2 Å². The van der Waals surface area contributed by atoms with Gasteiger partial charge in [-0.25, -0.2) is 0 Å². The molecule has 4 nitrogen and oxygen atoms in total. The van der Waals surface area contributed by atoms with Crippen molar-refractivity contribution in [2.24, 2.45) is 7.05 Å². The van der Waals surface area contributed by atoms with Gasteiger partial charge in [-0.3, -0.25) is 4.79 Å². The predicted octanol–water partition coefficient (Wildman–Crippen LogP) is 1.97. The molecule has 1 aromatic heterocycles. The van der Waals surface area contributed by atoms with Crippen LogP contribution in [0.5, 0.6) is 5.75 Å². The standard InChI is InChI=1S/C15H18N2O2/c1-17-14-10(5-3-7-13(14)19-2)9-11(15(17)18)12-6-4-8-16-12/h3,5,7,9,12,16H,4,6,8H2,1-2H3. The van der Waals surface area contributed by atoms with Crippen molar-refractivity contribution in [3.8, 4) is 5.75 Å². The Morgan fingerprint density at radius 2 is 2.26 bits per heavy atom. The Morgan fingerprint density at radius 3 is 2.95 bits per heavy atom. The lowest BCUT2D eigenvalue weighted by molar-refractivity contribution is 0.417. The molecule has 2 aromatic rings. The summed E-state index contributed by atoms with van der Waals surface area (Å²) in [5.74, 6) is 0.739. The summed E-state index contributed by atoms with van der Waals surface area (Å²) in [6.07, 6.45) is 2.16. The second-order valence-corrected chi connectivity index (χ2v) is 5.01. The van der Waals surface area contributed by atoms with Gasteiger partial charge in [0.05, 0.1) is 12.6 Å². The van der Waals surface area contributed by atoms with E-state index in [4.69, 9.17) is 4.74 Å². The zero-order valence-electron chi connectivity index (χ0n) is 11.3. The molecule has 1 aliphatic rings. The number of hydrogen-bond acceptors (Lipinski definition) is 3. The van der Waals surface area contributed by atoms with E-state index in [2.05, 4.69) is 5.32 Å². The first-order chi connectivity index (χ1) is 9.22. The fraction of sp³-hybridized carbons (Fsp3) is 0.400. The maximum atomic E-state index is 12.5. The summed E-state index contributed by atoms with van der Waals surface area (Å²) in [7, 11) is 3.44. The van der Waals surface area contributed by atoms with Gasteiger partial charge < -0.3 is 14.6 Å². The molecule has 1 atom stereocenters. The number of aryl methyl sites for hydroxylation is 1. The summed E-state index contributed by atoms with van der Waals surface area (Å²) in [6.45, 7) is 0.990. The molecule has 0 aliphatic carbocycles. The van der Waals surface area contributed by atoms with Crippen molar-refractivity contribution >= 4 is 10.9 Å². The summed E-state index contributed by atoms with van der Waals surface area (Å²) in [4.78, 5) is 12.5. The van der Waals surface area contributed by atoms with Crippen molar-refractivity contribution in [3.63, 3.8) is 0 Å². The largest absolute Gasteiger partial charge is 0.495 e. The lowest BCUT2D eigenvalue weighted by Crippen LogP contribution is -2.27. The van der Waals surface area contributed by atoms with Crippen LogP contribution < -0.4 is 15.6 Å². The maximum Gasteiger partial charge on any atom is 0.255 e. The highest BCUT2D eigenvalue weighted by molar-refractivity contribution is 5.85. The SMILES string of the molecule is COc1cccc2cc(C3CCCN3)c(=O)n(C)c12. The van der Waals surface area contributed by atoms with Gasteiger partial charge in [0.1, 0.15) is 5.75 Å². The number of hydrogen-bond donors (Lipinski definition) is 1. The molecular formula is C15H18N2O2. The van der Waals surface area contributed by atoms with Gasteiger partial charge >= 0.3 is 0 Å². The predicted molar refractivity (Wildman–Crippen MR) is 75.7 cm³/mol. The number of benzene rings is 1. The number of ether oxygens (including phenoxy) is 1. The first kappa shape index (κ1) is 12.2. The molecule has 1 unspecified atom stereocenters. The third-order valence-electron chi connectivity index (χ3n) is 3.88. The van der Waals surface area contributed by atoms with Gasteiger partial charge in [-0.05, 0) is 31.5 Å². The Bertz CT molecular complexity index is 670. The van der Waals surface area contributed by atoms with E-state index < -0.39 is 0 Å². The van der Waals surface area contributed by atoms with Crippen LogP contribution in [0.25, 0.3) is 10.9 Å². The summed E-state index contributed by atoms with van der Waals surface area (Å²) >= 11 is 0. The Labute approximate surface area is 112 Å². The molecule has 0 radical (unpaired) electrons. The Hall–Kier alpha value is -1.81. The molecule has 3 rings (SSSR count). The quantitative estimate of drug-likeness (QED) is 0.895. The molecule has 0 spiro atoms. The Kier molecular flexibility index (Phi) is 3.03. The minimum absolute atomic E-state index is 0.0661. The topological polar surface area (TPSA) is 43.3 Å². The van der Waals surface area contributed by atoms with Crippen LogP contribution in [0.4, 0.5) is 0 Å². The van der Waals surface area contributed by atoms with Gasteiger partial charge in [0.15, 0.2) is 0 Å². The molecule has 100 valence electrons. The third kappa shape index (κ3) is 1.92. The molecule has 0 amide bonds. The zero-order chi connectivity index (χ0) is 13.4. The van der Waals surface area contributed by atoms with E-state index in [-0.39, 0.29) is 11.6 Å². The van der Waals surface area contributed by atoms with Crippen molar-refractivity contribution in [2.45, 2.75) is 18.9 Å². The highest BCUT2D eigenvalue weighted by atomic mass is 16.5. The molecule has 4 heteroatoms. The van der Waals surface area contributed by atoms with E-state index in [0.717, 1.165) is 41.6 Å². The molecule has 1 aliphatic heterocycles. The minimum atomic E-state index is 0.0661. The summed E-state index contributed by atoms with van der Waals surface area (Å²) < 4.78 is 7.05. The van der Waals surface area contributed by atoms with Crippen LogP contribution in [0.15, 0.2) is 29.1 Å². The molecule has 0 bridgehead atoms. The smallest absolute Gasteiger partial charge is 0.255 e. The number of aromatic nitrogens is 1. The van der Waals surface area contributed by atoms with Crippen molar-refractivity contribution in [1.82, 2.24) is 9.88 Å². The van der Waals surface area contributed by atoms with E-state index in [1.165, 1.54) is 0 Å². The van der Waals surface area contributed by atoms with Crippen molar-refractivity contribution < 1.29 is 4.74 Å². The molecular weight excluding hydrogens is 240 g/mol. The summed E-state index contributed by atoms with van der Waals surface area (Å²) in [5, 5.41) is 4.44. The average Bonchev–Trinajstić information content (AvgIpc) is 2.95. The number of rotatable bonds is 2. The number of nitrogens with zero attached hydrogens (tertiary/aromatic N) is 1. The van der Waals surface area contributed by atoms with Crippen LogP contribution in [-0.4, -0.2) is 18.2 Å². The second-order valence-electron chi connectivity index (χ2n) is 5.01. The van der Waals surface area contributed by atoms with Crippen molar-refractivity contribution in [1.29, 1.82) is 0 Å². The number of fused-ring (bicyclic) bond motifs is 1. The lowest BCUT2D eigenvalue weighted by Gasteiger charge is -2.15. The molecule has 2 heterocycles. The van der Waals surface area contributed by atoms with Gasteiger partial charge in [0.25, 0.3) is 5.56 Å². The summed E-state index contributed by atoms with van der Waals surface area (Å²) in [6, 6.07) is 8.06. The van der Waals surface area contributed by atoms with Crippen LogP contribution in [-0.2, 0) is 7.05 Å². The fourth-order valence-corrected chi connectivity index (χ4v) is 2.90. The van der Waals surface area contributed by atoms with Crippen LogP contribution in [0, 0.1) is 0 Å². The zero-order valence-corrected chi connectivity index (χ0v) is 11.3. The van der Waals surface area contributed by atoms with E-state index in [1.54, 1.807) is 11.7 Å². The first-order valence-corrected chi connectivity index (χ1v) is 6.62. The number of pyridine rings is 1. The lowest BCUT2D eigenvalue weighted by atomic mass is 10.0. The van der Waals surface area contributed by atoms with Crippen LogP contribution in [0.2, 0.25) is 0 Å². The van der Waals surface area contributed by atoms with Gasteiger partial charge in [-0.15, -0.1) is 0 Å². The highest BCUT2D eigenvalue weighted by Crippen LogP contribution is 2.27. The van der Waals surface area contributed by atoms with Gasteiger partial charge in [0.2, 0.25) is 0 Å². The number of para-hydroxylation sites is 1. The average molecular weight is 258 g/mol. The normalized spacial score (nSPS) is 18.9. The summed E-state index contributed by atoms with van der Waals surface area (Å²) in [5.41, 5.74) is 1.79. The van der Waals surface area contributed by atoms with E-state index >= 15 is 0 Å². The Morgan fingerprint density at radius 1 is 1.42 bits per heavy atom. The fourth-order valence-electron chi connectivity index (χ4n) is 2.90. The van der Waals surface area contributed by atoms with E-state index in [0.29, 0.717) is 0 Å². The van der Waals surface area contributed by atoms with E-state index in [9.17, 15) is 4.79 Å². The molecule has 1 N–H and O–H groups in total. The highest BCUT2D eigenvalue weighted by Gasteiger charge is 2.21. The minimum Gasteiger partial charge on any atom is -0.495 e. The monoisotopic (exact) mass is 258 g/mol. The van der Waals surface area contributed by atoms with Gasteiger partial charge in [-0.2, -0.15) is 0 Å². The molecule has 0 saturated carbocycles. The molecule has 1 saturated heterocycles. The molecule has 1 fully saturated rings. The number of nitrogens with one attached hydrogen (secondary N) is 1. The maximum absolute atomic E-state index is 12.5. The number of methoxy groups -OCH3 is 1. The van der Waals surface area contributed by atoms with Gasteiger partial charge in [0, 0.05) is 24.0 Å². The Balaban J connectivity index is 2.27. The molecule has 1 aromatic carbocycles. The van der Waals surface area contributed by atoms with E-state index in [1.807, 2.05) is 31.3 Å². The second kappa shape index (κ2) is 4.70. The first-order valence-electron chi connectivity index (χ1n) is 6.62. The van der Waals surface area contributed by atoms with Crippen molar-refractivity contribution in [2.75, 3.05) is 13.7 Å². The third-order valence-corrected chi connectivity index (χ3v) is 3.88. The van der Waals surface area contributed by atoms with Gasteiger partial charge in [-0.1, -0.05) is 12.1 Å². The van der Waals surface area contributed by atoms with Crippen LogP contribution >= 0.6 is 0 Å². The van der Waals surface area contributed by atoms with Crippen LogP contribution in [0.1, 0.15) is 24.4 Å². The molecule has 19 heavy (non-hydrogen) atoms. The van der Waals surface area contributed by atoms with Crippen LogP contribution in [0.3, 0.4) is 0 Å².